The number of hydrogen-bond donors (Lipinski definition) is 1. The molecule has 0 unspecified atom stereocenters. The quantitative estimate of drug-likeness (QED) is 0.376. The van der Waals surface area contributed by atoms with Gasteiger partial charge in [0.15, 0.2) is 0 Å². The summed E-state index contributed by atoms with van der Waals surface area (Å²) in [6.45, 7) is 3.71. The van der Waals surface area contributed by atoms with Crippen molar-refractivity contribution in [3.05, 3.63) is 105 Å². The van der Waals surface area contributed by atoms with Gasteiger partial charge < -0.3 is 18.8 Å². The van der Waals surface area contributed by atoms with Crippen LogP contribution in [-0.4, -0.2) is 36.2 Å². The van der Waals surface area contributed by atoms with Gasteiger partial charge in [-0.15, -0.1) is 0 Å². The highest BCUT2D eigenvalue weighted by atomic mass is 16.4. The fourth-order valence-corrected chi connectivity index (χ4v) is 4.92. The van der Waals surface area contributed by atoms with E-state index in [9.17, 15) is 14.7 Å². The van der Waals surface area contributed by atoms with Gasteiger partial charge in [0.05, 0.1) is 11.1 Å². The molecular formula is C29H24N2O5. The van der Waals surface area contributed by atoms with Crippen molar-refractivity contribution in [3.63, 3.8) is 0 Å². The van der Waals surface area contributed by atoms with Crippen molar-refractivity contribution in [2.75, 3.05) is 31.1 Å². The maximum atomic E-state index is 12.8. The second kappa shape index (κ2) is 9.02. The van der Waals surface area contributed by atoms with Crippen LogP contribution in [0.5, 0.6) is 5.75 Å². The molecule has 1 fully saturated rings. The topological polar surface area (TPSA) is 87.1 Å². The van der Waals surface area contributed by atoms with E-state index in [0.29, 0.717) is 28.6 Å². The SMILES string of the molecule is O=c1cc(-c2cc3ccccc3oc2=O)c2ccc(O)c(CN3CCN(c4ccccc4)CC3)c2o1. The lowest BCUT2D eigenvalue weighted by Gasteiger charge is -2.36. The Hall–Kier alpha value is -4.36. The summed E-state index contributed by atoms with van der Waals surface area (Å²) in [7, 11) is 0. The van der Waals surface area contributed by atoms with Gasteiger partial charge in [0.25, 0.3) is 0 Å². The molecule has 1 N–H and O–H groups in total. The summed E-state index contributed by atoms with van der Waals surface area (Å²) in [6.07, 6.45) is 0. The van der Waals surface area contributed by atoms with Crippen LogP contribution in [0, 0.1) is 0 Å². The van der Waals surface area contributed by atoms with Gasteiger partial charge in [-0.25, -0.2) is 9.59 Å². The van der Waals surface area contributed by atoms with Crippen LogP contribution in [0.1, 0.15) is 5.56 Å². The van der Waals surface area contributed by atoms with E-state index in [1.807, 2.05) is 30.3 Å². The van der Waals surface area contributed by atoms with E-state index in [2.05, 4.69) is 21.9 Å². The molecule has 3 aromatic carbocycles. The van der Waals surface area contributed by atoms with Crippen LogP contribution in [0.15, 0.2) is 97.3 Å². The van der Waals surface area contributed by atoms with Crippen LogP contribution in [0.4, 0.5) is 5.69 Å². The Morgan fingerprint density at radius 1 is 0.778 bits per heavy atom. The van der Waals surface area contributed by atoms with Crippen molar-refractivity contribution in [2.24, 2.45) is 0 Å². The summed E-state index contributed by atoms with van der Waals surface area (Å²) in [4.78, 5) is 30.0. The summed E-state index contributed by atoms with van der Waals surface area (Å²) in [5, 5.41) is 12.1. The Balaban J connectivity index is 1.37. The fourth-order valence-electron chi connectivity index (χ4n) is 4.92. The molecule has 5 aromatic rings. The van der Waals surface area contributed by atoms with E-state index in [-0.39, 0.29) is 16.9 Å². The molecule has 36 heavy (non-hydrogen) atoms. The smallest absolute Gasteiger partial charge is 0.344 e. The van der Waals surface area contributed by atoms with Gasteiger partial charge >= 0.3 is 11.3 Å². The van der Waals surface area contributed by atoms with Crippen LogP contribution < -0.4 is 16.2 Å². The lowest BCUT2D eigenvalue weighted by atomic mass is 9.99. The summed E-state index contributed by atoms with van der Waals surface area (Å²) in [6, 6.07) is 23.8. The number of phenolic OH excluding ortho intramolecular Hbond substituents is 1. The molecule has 180 valence electrons. The molecule has 0 atom stereocenters. The zero-order valence-electron chi connectivity index (χ0n) is 19.5. The van der Waals surface area contributed by atoms with Gasteiger partial charge in [-0.2, -0.15) is 0 Å². The largest absolute Gasteiger partial charge is 0.507 e. The first-order valence-electron chi connectivity index (χ1n) is 11.9. The third-order valence-corrected chi connectivity index (χ3v) is 6.80. The second-order valence-electron chi connectivity index (χ2n) is 9.00. The van der Waals surface area contributed by atoms with Crippen molar-refractivity contribution in [2.45, 2.75) is 6.54 Å². The van der Waals surface area contributed by atoms with Gasteiger partial charge in [-0.05, 0) is 36.4 Å². The van der Waals surface area contributed by atoms with Crippen molar-refractivity contribution in [3.8, 4) is 16.9 Å². The number of piperazine rings is 1. The minimum Gasteiger partial charge on any atom is -0.507 e. The van der Waals surface area contributed by atoms with Gasteiger partial charge in [-0.1, -0.05) is 36.4 Å². The van der Waals surface area contributed by atoms with Crippen molar-refractivity contribution in [1.82, 2.24) is 4.90 Å². The van der Waals surface area contributed by atoms with Crippen molar-refractivity contribution < 1.29 is 13.9 Å². The zero-order chi connectivity index (χ0) is 24.6. The summed E-state index contributed by atoms with van der Waals surface area (Å²) in [5.41, 5.74) is 2.07. The number of rotatable bonds is 4. The molecule has 3 heterocycles. The minimum atomic E-state index is -0.592. The summed E-state index contributed by atoms with van der Waals surface area (Å²) in [5.74, 6) is 0.0545. The monoisotopic (exact) mass is 480 g/mol. The number of nitrogens with zero attached hydrogens (tertiary/aromatic N) is 2. The molecule has 1 aliphatic heterocycles. The Kier molecular flexibility index (Phi) is 5.54. The number of anilines is 1. The van der Waals surface area contributed by atoms with Crippen molar-refractivity contribution in [1.29, 1.82) is 0 Å². The molecule has 0 bridgehead atoms. The minimum absolute atomic E-state index is 0.0545. The molecule has 2 aromatic heterocycles. The van der Waals surface area contributed by atoms with Crippen LogP contribution in [0.3, 0.4) is 0 Å². The lowest BCUT2D eigenvalue weighted by molar-refractivity contribution is 0.246. The Bertz CT molecular complexity index is 1680. The van der Waals surface area contributed by atoms with Gasteiger partial charge in [0.2, 0.25) is 0 Å². The Morgan fingerprint density at radius 2 is 1.53 bits per heavy atom. The van der Waals surface area contributed by atoms with E-state index in [4.69, 9.17) is 8.83 Å². The highest BCUT2D eigenvalue weighted by Crippen LogP contribution is 2.34. The molecule has 7 heteroatoms. The Labute approximate surface area is 206 Å². The van der Waals surface area contributed by atoms with Crippen LogP contribution in [0.2, 0.25) is 0 Å². The molecule has 1 saturated heterocycles. The van der Waals surface area contributed by atoms with Crippen LogP contribution >= 0.6 is 0 Å². The number of para-hydroxylation sites is 2. The molecule has 6 rings (SSSR count). The number of benzene rings is 3. The first-order valence-corrected chi connectivity index (χ1v) is 11.9. The maximum absolute atomic E-state index is 12.8. The van der Waals surface area contributed by atoms with E-state index in [0.717, 1.165) is 31.6 Å². The number of aromatic hydroxyl groups is 1. The highest BCUT2D eigenvalue weighted by Gasteiger charge is 2.22. The van der Waals surface area contributed by atoms with E-state index >= 15 is 0 Å². The molecule has 0 spiro atoms. The highest BCUT2D eigenvalue weighted by molar-refractivity contribution is 5.97. The van der Waals surface area contributed by atoms with Gasteiger partial charge in [0, 0.05) is 60.8 Å². The van der Waals surface area contributed by atoms with Crippen molar-refractivity contribution >= 4 is 27.6 Å². The molecule has 7 nitrogen and oxygen atoms in total. The average molecular weight is 481 g/mol. The molecular weight excluding hydrogens is 456 g/mol. The third kappa shape index (κ3) is 4.03. The second-order valence-corrected chi connectivity index (χ2v) is 9.00. The normalized spacial score (nSPS) is 14.5. The number of fused-ring (bicyclic) bond motifs is 2. The fraction of sp³-hybridized carbons (Fsp3) is 0.172. The number of hydrogen-bond acceptors (Lipinski definition) is 7. The third-order valence-electron chi connectivity index (χ3n) is 6.80. The predicted molar refractivity (Wildman–Crippen MR) is 140 cm³/mol. The first-order chi connectivity index (χ1) is 17.6. The summed E-state index contributed by atoms with van der Waals surface area (Å²) < 4.78 is 11.1. The Morgan fingerprint density at radius 3 is 2.33 bits per heavy atom. The predicted octanol–water partition coefficient (Wildman–Crippen LogP) is 4.59. The first kappa shape index (κ1) is 22.1. The molecule has 0 radical (unpaired) electrons. The number of phenols is 1. The molecule has 1 aliphatic rings. The van der Waals surface area contributed by atoms with Crippen LogP contribution in [0.25, 0.3) is 33.1 Å². The van der Waals surface area contributed by atoms with Gasteiger partial charge in [-0.3, -0.25) is 4.90 Å². The zero-order valence-corrected chi connectivity index (χ0v) is 19.5. The van der Waals surface area contributed by atoms with Crippen LogP contribution in [-0.2, 0) is 6.54 Å². The van der Waals surface area contributed by atoms with E-state index < -0.39 is 11.3 Å². The molecule has 0 amide bonds. The standard InChI is InChI=1S/C29H24N2O5/c32-25-11-10-21-22(23-16-19-6-4-5-9-26(19)35-29(23)34)17-27(33)36-28(21)24(25)18-30-12-14-31(15-13-30)20-7-2-1-3-8-20/h1-11,16-17,32H,12-15,18H2. The molecule has 0 aliphatic carbocycles. The lowest BCUT2D eigenvalue weighted by Crippen LogP contribution is -2.46. The average Bonchev–Trinajstić information content (AvgIpc) is 2.90. The molecule has 0 saturated carbocycles. The maximum Gasteiger partial charge on any atom is 0.344 e. The summed E-state index contributed by atoms with van der Waals surface area (Å²) >= 11 is 0. The van der Waals surface area contributed by atoms with E-state index in [1.54, 1.807) is 30.3 Å². The van der Waals surface area contributed by atoms with E-state index in [1.165, 1.54) is 11.8 Å². The van der Waals surface area contributed by atoms with Gasteiger partial charge in [0.1, 0.15) is 16.9 Å².